The van der Waals surface area contributed by atoms with Crippen LogP contribution in [0.1, 0.15) is 35.8 Å². The molecule has 0 aromatic carbocycles. The molecule has 112 valence electrons. The molecule has 0 aliphatic carbocycles. The fraction of sp³-hybridized carbons (Fsp3) is 0.500. The zero-order chi connectivity index (χ0) is 15.1. The zero-order valence-electron chi connectivity index (χ0n) is 12.2. The number of amides is 1. The molecule has 0 bridgehead atoms. The Morgan fingerprint density at radius 3 is 3.00 bits per heavy atom. The van der Waals surface area contributed by atoms with Gasteiger partial charge in [0.2, 0.25) is 0 Å². The topological polar surface area (TPSA) is 62.7 Å². The molecule has 1 unspecified atom stereocenters. The van der Waals surface area contributed by atoms with Crippen molar-refractivity contribution in [3.63, 3.8) is 0 Å². The highest BCUT2D eigenvalue weighted by molar-refractivity contribution is 5.92. The number of aromatic nitrogens is 1. The maximum atomic E-state index is 12.4. The van der Waals surface area contributed by atoms with E-state index in [2.05, 4.69) is 16.8 Å². The van der Waals surface area contributed by atoms with E-state index in [1.807, 2.05) is 6.92 Å². The first-order valence-electron chi connectivity index (χ1n) is 7.21. The quantitative estimate of drug-likeness (QED) is 0.842. The second-order valence-corrected chi connectivity index (χ2v) is 4.87. The monoisotopic (exact) mass is 288 g/mol. The van der Waals surface area contributed by atoms with Gasteiger partial charge >= 0.3 is 0 Å². The number of carbonyl (C=O) groups is 1. The standard InChI is InChI=1S/C16H20N2O3/c1-2-18(12-14-6-4-10-21-14)16(20)15-8-7-13(11-17-15)5-3-9-19/h7-8,11,14,19H,2,4,6,9-10,12H2,1H3. The van der Waals surface area contributed by atoms with Crippen LogP contribution in [0.3, 0.4) is 0 Å². The molecule has 1 aliphatic heterocycles. The number of carbonyl (C=O) groups excluding carboxylic acids is 1. The number of hydrogen-bond acceptors (Lipinski definition) is 4. The van der Waals surface area contributed by atoms with Gasteiger partial charge in [-0.1, -0.05) is 11.8 Å². The van der Waals surface area contributed by atoms with Crippen LogP contribution in [0.25, 0.3) is 0 Å². The Morgan fingerprint density at radius 1 is 1.57 bits per heavy atom. The van der Waals surface area contributed by atoms with Gasteiger partial charge in [-0.2, -0.15) is 0 Å². The molecule has 5 heteroatoms. The number of aliphatic hydroxyl groups is 1. The van der Waals surface area contributed by atoms with Gasteiger partial charge in [-0.05, 0) is 31.9 Å². The van der Waals surface area contributed by atoms with Crippen molar-refractivity contribution in [3.05, 3.63) is 29.6 Å². The SMILES string of the molecule is CCN(CC1CCCO1)C(=O)c1ccc(C#CCO)cn1. The maximum Gasteiger partial charge on any atom is 0.272 e. The average Bonchev–Trinajstić information content (AvgIpc) is 3.03. The van der Waals surface area contributed by atoms with Crippen molar-refractivity contribution in [3.8, 4) is 11.8 Å². The van der Waals surface area contributed by atoms with Crippen LogP contribution in [0.5, 0.6) is 0 Å². The minimum atomic E-state index is -0.189. The number of rotatable bonds is 4. The molecule has 1 fully saturated rings. The number of aliphatic hydroxyl groups excluding tert-OH is 1. The Hall–Kier alpha value is -1.90. The largest absolute Gasteiger partial charge is 0.384 e. The van der Waals surface area contributed by atoms with E-state index in [4.69, 9.17) is 9.84 Å². The molecule has 1 amide bonds. The Morgan fingerprint density at radius 2 is 2.43 bits per heavy atom. The van der Waals surface area contributed by atoms with Crippen molar-refractivity contribution in [2.45, 2.75) is 25.9 Å². The lowest BCUT2D eigenvalue weighted by Gasteiger charge is -2.23. The fourth-order valence-electron chi connectivity index (χ4n) is 2.29. The molecule has 0 radical (unpaired) electrons. The highest BCUT2D eigenvalue weighted by Gasteiger charge is 2.22. The Balaban J connectivity index is 2.02. The van der Waals surface area contributed by atoms with Gasteiger partial charge in [-0.3, -0.25) is 4.79 Å². The van der Waals surface area contributed by atoms with Crippen LogP contribution >= 0.6 is 0 Å². The molecule has 5 nitrogen and oxygen atoms in total. The summed E-state index contributed by atoms with van der Waals surface area (Å²) in [5.74, 6) is 5.22. The average molecular weight is 288 g/mol. The van der Waals surface area contributed by atoms with Crippen molar-refractivity contribution < 1.29 is 14.6 Å². The normalized spacial score (nSPS) is 17.1. The third-order valence-electron chi connectivity index (χ3n) is 3.41. The molecule has 1 saturated heterocycles. The van der Waals surface area contributed by atoms with Crippen molar-refractivity contribution in [1.29, 1.82) is 0 Å². The third kappa shape index (κ3) is 4.28. The lowest BCUT2D eigenvalue weighted by Crippen LogP contribution is -2.37. The van der Waals surface area contributed by atoms with E-state index >= 15 is 0 Å². The summed E-state index contributed by atoms with van der Waals surface area (Å²) in [5, 5.41) is 8.64. The molecule has 2 heterocycles. The van der Waals surface area contributed by atoms with E-state index in [-0.39, 0.29) is 18.6 Å². The summed E-state index contributed by atoms with van der Waals surface area (Å²) in [7, 11) is 0. The molecule has 2 rings (SSSR count). The van der Waals surface area contributed by atoms with Crippen LogP contribution in [-0.2, 0) is 4.74 Å². The molecule has 1 N–H and O–H groups in total. The second kappa shape index (κ2) is 7.77. The van der Waals surface area contributed by atoms with Gasteiger partial charge in [0.25, 0.3) is 5.91 Å². The molecule has 1 aromatic rings. The summed E-state index contributed by atoms with van der Waals surface area (Å²) in [5.41, 5.74) is 1.09. The van der Waals surface area contributed by atoms with Crippen LogP contribution in [0.4, 0.5) is 0 Å². The Labute approximate surface area is 124 Å². The van der Waals surface area contributed by atoms with Crippen molar-refractivity contribution >= 4 is 5.91 Å². The first-order chi connectivity index (χ1) is 10.2. The summed E-state index contributed by atoms with van der Waals surface area (Å²) in [6, 6.07) is 3.41. The smallest absolute Gasteiger partial charge is 0.272 e. The van der Waals surface area contributed by atoms with Crippen LogP contribution in [0.2, 0.25) is 0 Å². The van der Waals surface area contributed by atoms with E-state index in [1.54, 1.807) is 23.2 Å². The van der Waals surface area contributed by atoms with Gasteiger partial charge in [-0.15, -0.1) is 0 Å². The number of hydrogen-bond donors (Lipinski definition) is 1. The van der Waals surface area contributed by atoms with E-state index < -0.39 is 0 Å². The highest BCUT2D eigenvalue weighted by atomic mass is 16.5. The van der Waals surface area contributed by atoms with E-state index in [1.165, 1.54) is 0 Å². The van der Waals surface area contributed by atoms with Gasteiger partial charge in [0.1, 0.15) is 12.3 Å². The molecule has 0 saturated carbocycles. The van der Waals surface area contributed by atoms with Crippen LogP contribution in [-0.4, -0.2) is 53.3 Å². The second-order valence-electron chi connectivity index (χ2n) is 4.87. The Kier molecular flexibility index (Phi) is 5.73. The zero-order valence-corrected chi connectivity index (χ0v) is 12.2. The molecule has 21 heavy (non-hydrogen) atoms. The van der Waals surface area contributed by atoms with Crippen molar-refractivity contribution in [2.24, 2.45) is 0 Å². The third-order valence-corrected chi connectivity index (χ3v) is 3.41. The molecule has 1 aromatic heterocycles. The van der Waals surface area contributed by atoms with Crippen LogP contribution < -0.4 is 0 Å². The molecular formula is C16H20N2O3. The van der Waals surface area contributed by atoms with Gasteiger partial charge in [0.05, 0.1) is 6.10 Å². The van der Waals surface area contributed by atoms with Gasteiger partial charge in [-0.25, -0.2) is 4.98 Å². The predicted octanol–water partition coefficient (Wildman–Crippen LogP) is 1.07. The van der Waals surface area contributed by atoms with Gasteiger partial charge in [0.15, 0.2) is 0 Å². The lowest BCUT2D eigenvalue weighted by atomic mass is 10.2. The first kappa shape index (κ1) is 15.5. The Bertz CT molecular complexity index is 525. The number of likely N-dealkylation sites (N-methyl/N-ethyl adjacent to an activating group) is 1. The molecule has 0 spiro atoms. The number of ether oxygens (including phenoxy) is 1. The summed E-state index contributed by atoms with van der Waals surface area (Å²) < 4.78 is 5.58. The van der Waals surface area contributed by atoms with Crippen molar-refractivity contribution in [1.82, 2.24) is 9.88 Å². The fourth-order valence-corrected chi connectivity index (χ4v) is 2.29. The maximum absolute atomic E-state index is 12.4. The first-order valence-corrected chi connectivity index (χ1v) is 7.21. The number of nitrogens with zero attached hydrogens (tertiary/aromatic N) is 2. The minimum Gasteiger partial charge on any atom is -0.384 e. The summed E-state index contributed by atoms with van der Waals surface area (Å²) in [6.07, 6.45) is 3.76. The molecule has 1 atom stereocenters. The van der Waals surface area contributed by atoms with Gasteiger partial charge < -0.3 is 14.7 Å². The summed E-state index contributed by atoms with van der Waals surface area (Å²) >= 11 is 0. The van der Waals surface area contributed by atoms with E-state index in [0.717, 1.165) is 19.4 Å². The van der Waals surface area contributed by atoms with E-state index in [0.29, 0.717) is 24.3 Å². The molecule has 1 aliphatic rings. The predicted molar refractivity (Wildman–Crippen MR) is 78.8 cm³/mol. The van der Waals surface area contributed by atoms with Crippen LogP contribution in [0.15, 0.2) is 18.3 Å². The van der Waals surface area contributed by atoms with Crippen LogP contribution in [0, 0.1) is 11.8 Å². The van der Waals surface area contributed by atoms with Crippen molar-refractivity contribution in [2.75, 3.05) is 26.3 Å². The minimum absolute atomic E-state index is 0.0883. The summed E-state index contributed by atoms with van der Waals surface area (Å²) in [4.78, 5) is 18.3. The summed E-state index contributed by atoms with van der Waals surface area (Å²) in [6.45, 7) is 3.79. The van der Waals surface area contributed by atoms with E-state index in [9.17, 15) is 4.79 Å². The molecular weight excluding hydrogens is 268 g/mol. The van der Waals surface area contributed by atoms with Gasteiger partial charge in [0, 0.05) is 31.5 Å². The number of pyridine rings is 1. The lowest BCUT2D eigenvalue weighted by molar-refractivity contribution is 0.0535. The highest BCUT2D eigenvalue weighted by Crippen LogP contribution is 2.14.